The third-order valence-electron chi connectivity index (χ3n) is 1.44. The van der Waals surface area contributed by atoms with Gasteiger partial charge in [-0.1, -0.05) is 31.0 Å². The smallest absolute Gasteiger partial charge is 0.162 e. The Morgan fingerprint density at radius 2 is 1.20 bits per heavy atom. The van der Waals surface area contributed by atoms with Crippen molar-refractivity contribution in [3.8, 4) is 0 Å². The van der Waals surface area contributed by atoms with Gasteiger partial charge in [-0.15, -0.1) is 6.58 Å². The average Bonchev–Trinajstić information content (AvgIpc) is 1.59. The SMILES string of the molecule is C=C([Si](C)(C)Cl)[Si](C)(C)Cl. The van der Waals surface area contributed by atoms with Crippen molar-refractivity contribution in [2.45, 2.75) is 26.2 Å². The zero-order valence-corrected chi connectivity index (χ0v) is 10.5. The normalized spacial score (nSPS) is 13.4. The molecule has 0 spiro atoms. The van der Waals surface area contributed by atoms with Crippen LogP contribution in [0.2, 0.25) is 26.2 Å². The number of hydrogen-bond donors (Lipinski definition) is 0. The number of halogens is 2. The van der Waals surface area contributed by atoms with Crippen LogP contribution >= 0.6 is 22.2 Å². The summed E-state index contributed by atoms with van der Waals surface area (Å²) in [4.78, 5) is 1.13. The molecule has 0 aromatic carbocycles. The van der Waals surface area contributed by atoms with E-state index in [0.717, 1.165) is 4.82 Å². The van der Waals surface area contributed by atoms with E-state index in [1.807, 2.05) is 0 Å². The molecule has 0 radical (unpaired) electrons. The first-order chi connectivity index (χ1) is 4.15. The molecular formula is C6H14Cl2Si2. The molecule has 0 aliphatic rings. The summed E-state index contributed by atoms with van der Waals surface area (Å²) in [6, 6.07) is 0. The molecule has 0 saturated carbocycles. The highest BCUT2D eigenvalue weighted by molar-refractivity contribution is 7.38. The molecule has 0 aliphatic heterocycles. The molecular weight excluding hydrogens is 199 g/mol. The van der Waals surface area contributed by atoms with E-state index in [-0.39, 0.29) is 0 Å². The lowest BCUT2D eigenvalue weighted by molar-refractivity contribution is 1.81. The van der Waals surface area contributed by atoms with Crippen LogP contribution in [-0.2, 0) is 0 Å². The fourth-order valence-electron chi connectivity index (χ4n) is 0.707. The highest BCUT2D eigenvalue weighted by atomic mass is 35.6. The molecule has 10 heavy (non-hydrogen) atoms. The van der Waals surface area contributed by atoms with Crippen molar-refractivity contribution in [3.63, 3.8) is 0 Å². The molecule has 0 aromatic heterocycles. The molecule has 0 aliphatic carbocycles. The maximum absolute atomic E-state index is 6.16. The molecule has 0 unspecified atom stereocenters. The standard InChI is InChI=1S/C6H14Cl2Si2/c1-6(9(2,3)7)10(4,5)8/h1H2,2-5H3. The third kappa shape index (κ3) is 3.24. The van der Waals surface area contributed by atoms with E-state index in [9.17, 15) is 0 Å². The molecule has 0 aromatic rings. The van der Waals surface area contributed by atoms with Gasteiger partial charge in [0.25, 0.3) is 0 Å². The van der Waals surface area contributed by atoms with Crippen LogP contribution in [0, 0.1) is 0 Å². The number of rotatable bonds is 2. The largest absolute Gasteiger partial charge is 0.173 e. The van der Waals surface area contributed by atoms with Crippen LogP contribution in [0.4, 0.5) is 0 Å². The van der Waals surface area contributed by atoms with E-state index in [2.05, 4.69) is 32.8 Å². The van der Waals surface area contributed by atoms with Gasteiger partial charge >= 0.3 is 0 Å². The first kappa shape index (κ1) is 10.8. The van der Waals surface area contributed by atoms with E-state index < -0.39 is 14.8 Å². The van der Waals surface area contributed by atoms with Gasteiger partial charge in [0.2, 0.25) is 0 Å². The lowest BCUT2D eigenvalue weighted by Gasteiger charge is -2.24. The summed E-state index contributed by atoms with van der Waals surface area (Å²) in [6.07, 6.45) is 0. The van der Waals surface area contributed by atoms with Crippen LogP contribution in [-0.4, -0.2) is 14.8 Å². The molecule has 0 rings (SSSR count). The van der Waals surface area contributed by atoms with Crippen molar-refractivity contribution in [1.82, 2.24) is 0 Å². The fraction of sp³-hybridized carbons (Fsp3) is 0.667. The van der Waals surface area contributed by atoms with Gasteiger partial charge in [0, 0.05) is 0 Å². The molecule has 0 amide bonds. The topological polar surface area (TPSA) is 0 Å². The quantitative estimate of drug-likeness (QED) is 0.486. The molecule has 0 bridgehead atoms. The summed E-state index contributed by atoms with van der Waals surface area (Å²) in [6.45, 7) is 12.2. The van der Waals surface area contributed by atoms with E-state index in [0.29, 0.717) is 0 Å². The summed E-state index contributed by atoms with van der Waals surface area (Å²) in [5.74, 6) is 0. The van der Waals surface area contributed by atoms with Gasteiger partial charge in [0.1, 0.15) is 0 Å². The predicted octanol–water partition coefficient (Wildman–Crippen LogP) is 3.51. The zero-order valence-electron chi connectivity index (χ0n) is 6.96. The van der Waals surface area contributed by atoms with Gasteiger partial charge in [-0.05, 0) is 0 Å². The van der Waals surface area contributed by atoms with Crippen molar-refractivity contribution in [3.05, 3.63) is 11.4 Å². The molecule has 0 fully saturated rings. The lowest BCUT2D eigenvalue weighted by atomic mass is 11.2. The van der Waals surface area contributed by atoms with Crippen LogP contribution in [0.15, 0.2) is 11.4 Å². The third-order valence-corrected chi connectivity index (χ3v) is 10.4. The lowest BCUT2D eigenvalue weighted by Crippen LogP contribution is -2.35. The Kier molecular flexibility index (Phi) is 3.24. The molecule has 0 nitrogen and oxygen atoms in total. The first-order valence-corrected chi connectivity index (χ1v) is 11.3. The van der Waals surface area contributed by atoms with Crippen molar-refractivity contribution in [1.29, 1.82) is 0 Å². The van der Waals surface area contributed by atoms with Crippen molar-refractivity contribution >= 4 is 36.9 Å². The second-order valence-electron chi connectivity index (χ2n) is 3.42. The Labute approximate surface area is 74.7 Å². The minimum absolute atomic E-state index is 1.13. The highest BCUT2D eigenvalue weighted by Gasteiger charge is 2.33. The Morgan fingerprint density at radius 1 is 1.00 bits per heavy atom. The zero-order chi connectivity index (χ0) is 8.58. The minimum Gasteiger partial charge on any atom is -0.162 e. The van der Waals surface area contributed by atoms with Gasteiger partial charge in [-0.2, -0.15) is 22.2 Å². The van der Waals surface area contributed by atoms with Crippen LogP contribution in [0.1, 0.15) is 0 Å². The molecule has 0 heterocycles. The first-order valence-electron chi connectivity index (χ1n) is 3.23. The monoisotopic (exact) mass is 212 g/mol. The molecule has 0 atom stereocenters. The van der Waals surface area contributed by atoms with Crippen LogP contribution < -0.4 is 0 Å². The van der Waals surface area contributed by atoms with E-state index >= 15 is 0 Å². The van der Waals surface area contributed by atoms with Crippen molar-refractivity contribution in [2.75, 3.05) is 0 Å². The average molecular weight is 213 g/mol. The van der Waals surface area contributed by atoms with Crippen LogP contribution in [0.25, 0.3) is 0 Å². The predicted molar refractivity (Wildman–Crippen MR) is 55.8 cm³/mol. The maximum Gasteiger partial charge on any atom is 0.173 e. The summed E-state index contributed by atoms with van der Waals surface area (Å²) >= 11 is 12.3. The number of hydrogen-bond acceptors (Lipinski definition) is 0. The highest BCUT2D eigenvalue weighted by Crippen LogP contribution is 2.28. The molecule has 0 N–H and O–H groups in total. The van der Waals surface area contributed by atoms with Gasteiger partial charge in [0.15, 0.2) is 14.8 Å². The van der Waals surface area contributed by atoms with E-state index in [4.69, 9.17) is 22.2 Å². The minimum atomic E-state index is -1.69. The van der Waals surface area contributed by atoms with Crippen LogP contribution in [0.5, 0.6) is 0 Å². The summed E-state index contributed by atoms with van der Waals surface area (Å²) in [7, 11) is -3.38. The second kappa shape index (κ2) is 3.01. The van der Waals surface area contributed by atoms with Crippen molar-refractivity contribution in [2.24, 2.45) is 0 Å². The fourth-order valence-corrected chi connectivity index (χ4v) is 11.0. The molecule has 4 heteroatoms. The summed E-state index contributed by atoms with van der Waals surface area (Å²) in [5, 5.41) is 0. The Morgan fingerprint density at radius 3 is 1.20 bits per heavy atom. The Balaban J connectivity index is 4.40. The summed E-state index contributed by atoms with van der Waals surface area (Å²) in [5.41, 5.74) is 0. The van der Waals surface area contributed by atoms with Gasteiger partial charge in [-0.3, -0.25) is 0 Å². The molecule has 0 saturated heterocycles. The Hall–Kier alpha value is 0.754. The van der Waals surface area contributed by atoms with E-state index in [1.54, 1.807) is 0 Å². The van der Waals surface area contributed by atoms with Gasteiger partial charge in [-0.25, -0.2) is 0 Å². The molecule has 60 valence electrons. The van der Waals surface area contributed by atoms with Gasteiger partial charge in [0.05, 0.1) is 0 Å². The van der Waals surface area contributed by atoms with Crippen molar-refractivity contribution < 1.29 is 0 Å². The maximum atomic E-state index is 6.16. The van der Waals surface area contributed by atoms with E-state index in [1.165, 1.54) is 0 Å². The van der Waals surface area contributed by atoms with Gasteiger partial charge < -0.3 is 0 Å². The Bertz CT molecular complexity index is 125. The van der Waals surface area contributed by atoms with Crippen LogP contribution in [0.3, 0.4) is 0 Å². The summed E-state index contributed by atoms with van der Waals surface area (Å²) < 4.78 is 0. The second-order valence-corrected chi connectivity index (χ2v) is 16.7.